The van der Waals surface area contributed by atoms with E-state index in [1.165, 1.54) is 25.0 Å². The van der Waals surface area contributed by atoms with Crippen LogP contribution >= 0.6 is 0 Å². The first-order valence-corrected chi connectivity index (χ1v) is 5.33. The number of hydrogen-bond acceptors (Lipinski definition) is 1. The molecule has 0 bridgehead atoms. The second-order valence-corrected chi connectivity index (χ2v) is 4.94. The fraction of sp³-hybridized carbons (Fsp3) is 0.833. The minimum absolute atomic E-state index is 0.150. The van der Waals surface area contributed by atoms with Crippen molar-refractivity contribution in [2.24, 2.45) is 5.92 Å². The van der Waals surface area contributed by atoms with Crippen molar-refractivity contribution in [3.8, 4) is 0 Å². The summed E-state index contributed by atoms with van der Waals surface area (Å²) in [6, 6.07) is 0. The zero-order valence-corrected chi connectivity index (χ0v) is 9.91. The maximum absolute atomic E-state index is 4.08. The highest BCUT2D eigenvalue weighted by Gasteiger charge is 2.13. The summed E-state index contributed by atoms with van der Waals surface area (Å²) in [5.41, 5.74) is 1.33. The smallest absolute Gasteiger partial charge is 0.0286 e. The second kappa shape index (κ2) is 5.31. The Labute approximate surface area is 83.6 Å². The molecular weight excluding hydrogens is 158 g/mol. The van der Waals surface area contributed by atoms with Crippen LogP contribution in [0, 0.1) is 5.92 Å². The highest BCUT2D eigenvalue weighted by atomic mass is 15.0. The lowest BCUT2D eigenvalue weighted by atomic mass is 9.99. The largest absolute Gasteiger partial charge is 0.384 e. The van der Waals surface area contributed by atoms with Crippen LogP contribution in [0.1, 0.15) is 53.9 Å². The monoisotopic (exact) mass is 183 g/mol. The summed E-state index contributed by atoms with van der Waals surface area (Å²) in [6.45, 7) is 15.1. The molecule has 0 aromatic heterocycles. The molecule has 0 rings (SSSR count). The van der Waals surface area contributed by atoms with Gasteiger partial charge in [0.1, 0.15) is 0 Å². The molecule has 1 N–H and O–H groups in total. The van der Waals surface area contributed by atoms with E-state index < -0.39 is 0 Å². The first kappa shape index (κ1) is 12.5. The van der Waals surface area contributed by atoms with Gasteiger partial charge >= 0.3 is 0 Å². The molecule has 1 atom stereocenters. The van der Waals surface area contributed by atoms with Crippen LogP contribution in [-0.2, 0) is 0 Å². The summed E-state index contributed by atoms with van der Waals surface area (Å²) >= 11 is 0. The lowest BCUT2D eigenvalue weighted by Crippen LogP contribution is -2.36. The lowest BCUT2D eigenvalue weighted by Gasteiger charge is -2.27. The number of hydrogen-bond donors (Lipinski definition) is 1. The fourth-order valence-corrected chi connectivity index (χ4v) is 1.29. The molecule has 0 saturated heterocycles. The summed E-state index contributed by atoms with van der Waals surface area (Å²) in [5, 5.41) is 3.43. The maximum atomic E-state index is 4.08. The van der Waals surface area contributed by atoms with Crippen LogP contribution in [0.3, 0.4) is 0 Å². The van der Waals surface area contributed by atoms with Crippen LogP contribution in [0.2, 0.25) is 0 Å². The lowest BCUT2D eigenvalue weighted by molar-refractivity contribution is 0.425. The Morgan fingerprint density at radius 3 is 2.31 bits per heavy atom. The summed E-state index contributed by atoms with van der Waals surface area (Å²) < 4.78 is 0. The molecule has 78 valence electrons. The van der Waals surface area contributed by atoms with E-state index in [1.54, 1.807) is 0 Å². The van der Waals surface area contributed by atoms with Crippen LogP contribution in [0.15, 0.2) is 12.3 Å². The summed E-state index contributed by atoms with van der Waals surface area (Å²) in [5.74, 6) is 0.596. The topological polar surface area (TPSA) is 12.0 Å². The van der Waals surface area contributed by atoms with Crippen LogP contribution in [0.5, 0.6) is 0 Å². The quantitative estimate of drug-likeness (QED) is 0.685. The van der Waals surface area contributed by atoms with Gasteiger partial charge in [0.05, 0.1) is 0 Å². The van der Waals surface area contributed by atoms with Gasteiger partial charge in [0.15, 0.2) is 0 Å². The normalized spacial score (nSPS) is 13.9. The van der Waals surface area contributed by atoms with Crippen molar-refractivity contribution >= 4 is 0 Å². The van der Waals surface area contributed by atoms with Crippen molar-refractivity contribution in [1.82, 2.24) is 5.32 Å². The Morgan fingerprint density at radius 2 is 1.92 bits per heavy atom. The van der Waals surface area contributed by atoms with E-state index in [0.29, 0.717) is 5.92 Å². The SMILES string of the molecule is C=C(NC(C)(C)C)C(C)CCCC. The predicted octanol–water partition coefficient (Wildman–Crippen LogP) is 3.71. The van der Waals surface area contributed by atoms with Gasteiger partial charge in [-0.15, -0.1) is 0 Å². The Morgan fingerprint density at radius 1 is 1.38 bits per heavy atom. The summed E-state index contributed by atoms with van der Waals surface area (Å²) in [7, 11) is 0. The van der Waals surface area contributed by atoms with Gasteiger partial charge in [-0.2, -0.15) is 0 Å². The molecule has 0 spiro atoms. The molecule has 0 aliphatic heterocycles. The first-order valence-electron chi connectivity index (χ1n) is 5.33. The molecule has 0 aromatic carbocycles. The molecule has 0 aromatic rings. The van der Waals surface area contributed by atoms with E-state index in [9.17, 15) is 0 Å². The third kappa shape index (κ3) is 6.68. The standard InChI is InChI=1S/C12H25N/c1-7-8-9-10(2)11(3)13-12(4,5)6/h10,13H,3,7-9H2,1-2,4-6H3. The maximum Gasteiger partial charge on any atom is 0.0286 e. The third-order valence-corrected chi connectivity index (χ3v) is 2.12. The molecule has 0 heterocycles. The van der Waals surface area contributed by atoms with E-state index in [4.69, 9.17) is 0 Å². The van der Waals surface area contributed by atoms with Gasteiger partial charge in [0, 0.05) is 11.2 Å². The van der Waals surface area contributed by atoms with E-state index in [2.05, 4.69) is 46.5 Å². The van der Waals surface area contributed by atoms with E-state index in [-0.39, 0.29) is 5.54 Å². The molecule has 1 nitrogen and oxygen atoms in total. The zero-order chi connectivity index (χ0) is 10.5. The van der Waals surface area contributed by atoms with Crippen molar-refractivity contribution < 1.29 is 0 Å². The van der Waals surface area contributed by atoms with Gasteiger partial charge in [-0.25, -0.2) is 0 Å². The number of nitrogens with one attached hydrogen (secondary N) is 1. The minimum atomic E-state index is 0.150. The van der Waals surface area contributed by atoms with Crippen LogP contribution in [0.4, 0.5) is 0 Å². The summed E-state index contributed by atoms with van der Waals surface area (Å²) in [6.07, 6.45) is 3.82. The first-order chi connectivity index (χ1) is 5.87. The van der Waals surface area contributed by atoms with Gasteiger partial charge in [-0.1, -0.05) is 33.3 Å². The third-order valence-electron chi connectivity index (χ3n) is 2.12. The van der Waals surface area contributed by atoms with Gasteiger partial charge in [-0.3, -0.25) is 0 Å². The predicted molar refractivity (Wildman–Crippen MR) is 60.7 cm³/mol. The molecule has 13 heavy (non-hydrogen) atoms. The highest BCUT2D eigenvalue weighted by molar-refractivity contribution is 5.00. The van der Waals surface area contributed by atoms with Crippen molar-refractivity contribution in [2.75, 3.05) is 0 Å². The van der Waals surface area contributed by atoms with Crippen molar-refractivity contribution in [3.05, 3.63) is 12.3 Å². The molecule has 0 saturated carbocycles. The van der Waals surface area contributed by atoms with E-state index in [1.807, 2.05) is 0 Å². The number of rotatable bonds is 5. The van der Waals surface area contributed by atoms with Crippen LogP contribution in [-0.4, -0.2) is 5.54 Å². The van der Waals surface area contributed by atoms with Crippen molar-refractivity contribution in [1.29, 1.82) is 0 Å². The van der Waals surface area contributed by atoms with Gasteiger partial charge < -0.3 is 5.32 Å². The van der Waals surface area contributed by atoms with E-state index in [0.717, 1.165) is 0 Å². The molecule has 1 heteroatoms. The molecule has 0 radical (unpaired) electrons. The number of allylic oxidation sites excluding steroid dienone is 1. The Balaban J connectivity index is 3.83. The highest BCUT2D eigenvalue weighted by Crippen LogP contribution is 2.16. The number of unbranched alkanes of at least 4 members (excludes halogenated alkanes) is 1. The molecule has 0 aliphatic carbocycles. The summed E-state index contributed by atoms with van der Waals surface area (Å²) in [4.78, 5) is 0. The zero-order valence-electron chi connectivity index (χ0n) is 9.91. The molecule has 0 fully saturated rings. The fourth-order valence-electron chi connectivity index (χ4n) is 1.29. The Hall–Kier alpha value is -0.460. The molecular formula is C12H25N. The van der Waals surface area contributed by atoms with Gasteiger partial charge in [-0.05, 0) is 33.1 Å². The van der Waals surface area contributed by atoms with E-state index >= 15 is 0 Å². The van der Waals surface area contributed by atoms with Crippen molar-refractivity contribution in [3.63, 3.8) is 0 Å². The Kier molecular flexibility index (Phi) is 5.12. The second-order valence-electron chi connectivity index (χ2n) is 4.94. The molecule has 1 unspecified atom stereocenters. The van der Waals surface area contributed by atoms with Gasteiger partial charge in [0.2, 0.25) is 0 Å². The van der Waals surface area contributed by atoms with Gasteiger partial charge in [0.25, 0.3) is 0 Å². The van der Waals surface area contributed by atoms with Crippen molar-refractivity contribution in [2.45, 2.75) is 59.4 Å². The Bertz CT molecular complexity index is 153. The van der Waals surface area contributed by atoms with Crippen LogP contribution in [0.25, 0.3) is 0 Å². The average Bonchev–Trinajstić information content (AvgIpc) is 1.96. The average molecular weight is 183 g/mol. The molecule has 0 amide bonds. The van der Waals surface area contributed by atoms with Crippen LogP contribution < -0.4 is 5.32 Å². The minimum Gasteiger partial charge on any atom is -0.384 e. The molecule has 0 aliphatic rings.